The third-order valence-electron chi connectivity index (χ3n) is 1.35. The fraction of sp³-hybridized carbons (Fsp3) is 0.875. The molecule has 0 fully saturated rings. The number of hydrogen-bond donors (Lipinski definition) is 1. The Morgan fingerprint density at radius 2 is 1.73 bits per heavy atom. The van der Waals surface area contributed by atoms with Gasteiger partial charge in [-0.25, -0.2) is 0 Å². The van der Waals surface area contributed by atoms with Gasteiger partial charge in [0.15, 0.2) is 0 Å². The number of hydrogen-bond acceptors (Lipinski definition) is 2. The molecular formula is C8H18NO2+2. The summed E-state index contributed by atoms with van der Waals surface area (Å²) in [5.74, 6) is -0.193. The predicted octanol–water partition coefficient (Wildman–Crippen LogP) is 0.169. The lowest BCUT2D eigenvalue weighted by Gasteiger charge is -2.05. The molecule has 65 valence electrons. The zero-order valence-corrected chi connectivity index (χ0v) is 7.64. The molecule has 0 aliphatic carbocycles. The molecule has 0 saturated carbocycles. The number of carbonyl (C=O) groups is 1. The molecule has 0 aromatic heterocycles. The summed E-state index contributed by atoms with van der Waals surface area (Å²) in [5.41, 5.74) is 0. The highest BCUT2D eigenvalue weighted by atomic mass is 16.7. The average Bonchev–Trinajstić information content (AvgIpc) is 1.87. The SMILES string of the molecule is CCC[NH+](CCC)OC(C)=[O+]. The van der Waals surface area contributed by atoms with Crippen molar-refractivity contribution in [2.75, 3.05) is 13.1 Å². The van der Waals surface area contributed by atoms with Crippen molar-refractivity contribution in [1.29, 1.82) is 0 Å². The Morgan fingerprint density at radius 3 is 2.00 bits per heavy atom. The van der Waals surface area contributed by atoms with Crippen molar-refractivity contribution >= 4 is 5.97 Å². The Labute approximate surface area is 68.3 Å². The van der Waals surface area contributed by atoms with Crippen LogP contribution in [0.15, 0.2) is 0 Å². The van der Waals surface area contributed by atoms with E-state index in [4.69, 9.17) is 4.84 Å². The lowest BCUT2D eigenvalue weighted by Crippen LogP contribution is -3.11. The molecule has 0 aromatic rings. The first-order valence-electron chi connectivity index (χ1n) is 4.23. The summed E-state index contributed by atoms with van der Waals surface area (Å²) < 4.78 is 0. The van der Waals surface area contributed by atoms with Crippen molar-refractivity contribution in [3.05, 3.63) is 0 Å². The minimum absolute atomic E-state index is 0.193. The molecule has 3 heteroatoms. The zero-order valence-electron chi connectivity index (χ0n) is 7.64. The van der Waals surface area contributed by atoms with E-state index in [1.54, 1.807) is 0 Å². The highest BCUT2D eigenvalue weighted by Gasteiger charge is 2.20. The molecule has 0 atom stereocenters. The van der Waals surface area contributed by atoms with Crippen LogP contribution >= 0.6 is 0 Å². The van der Waals surface area contributed by atoms with E-state index in [-0.39, 0.29) is 5.97 Å². The van der Waals surface area contributed by atoms with Gasteiger partial charge in [-0.15, -0.1) is 0 Å². The van der Waals surface area contributed by atoms with Gasteiger partial charge in [0.1, 0.15) is 20.0 Å². The van der Waals surface area contributed by atoms with Crippen molar-refractivity contribution in [2.24, 2.45) is 0 Å². The van der Waals surface area contributed by atoms with Crippen LogP contribution in [0.2, 0.25) is 0 Å². The summed E-state index contributed by atoms with van der Waals surface area (Å²) in [6.07, 6.45) is 2.09. The van der Waals surface area contributed by atoms with Crippen molar-refractivity contribution in [1.82, 2.24) is 0 Å². The maximum absolute atomic E-state index is 10.6. The van der Waals surface area contributed by atoms with E-state index < -0.39 is 0 Å². The summed E-state index contributed by atoms with van der Waals surface area (Å²) in [6, 6.07) is 0. The number of quaternary nitrogens is 1. The lowest BCUT2D eigenvalue weighted by molar-refractivity contribution is -1.07. The topological polar surface area (TPSA) is 33.6 Å². The van der Waals surface area contributed by atoms with E-state index in [0.717, 1.165) is 31.0 Å². The van der Waals surface area contributed by atoms with Gasteiger partial charge >= 0.3 is 5.97 Å². The maximum atomic E-state index is 10.6. The highest BCUT2D eigenvalue weighted by Crippen LogP contribution is 1.71. The highest BCUT2D eigenvalue weighted by molar-refractivity contribution is 5.64. The Balaban J connectivity index is 3.59. The summed E-state index contributed by atoms with van der Waals surface area (Å²) in [7, 11) is 0. The molecule has 0 unspecified atom stereocenters. The van der Waals surface area contributed by atoms with E-state index in [2.05, 4.69) is 13.8 Å². The first-order valence-corrected chi connectivity index (χ1v) is 4.23. The third kappa shape index (κ3) is 5.85. The van der Waals surface area contributed by atoms with Crippen molar-refractivity contribution in [3.63, 3.8) is 0 Å². The smallest absolute Gasteiger partial charge is 0.0885 e. The van der Waals surface area contributed by atoms with Gasteiger partial charge in [-0.3, -0.25) is 0 Å². The molecule has 0 aliphatic heterocycles. The molecular weight excluding hydrogens is 142 g/mol. The van der Waals surface area contributed by atoms with E-state index in [1.165, 1.54) is 6.92 Å². The number of carbonyl (C=O) groups excluding carboxylic acids is 1. The number of nitrogens with one attached hydrogen (secondary N) is 1. The van der Waals surface area contributed by atoms with Gasteiger partial charge in [0, 0.05) is 0 Å². The Hall–Kier alpha value is -0.570. The Bertz CT molecular complexity index is 109. The van der Waals surface area contributed by atoms with Crippen molar-refractivity contribution in [3.8, 4) is 0 Å². The molecule has 0 aromatic carbocycles. The molecule has 1 radical (unpaired) electrons. The quantitative estimate of drug-likeness (QED) is 0.459. The van der Waals surface area contributed by atoms with Gasteiger partial charge in [0.2, 0.25) is 0 Å². The number of hydroxylamine groups is 2. The minimum Gasteiger partial charge on any atom is -0.0885 e. The molecule has 11 heavy (non-hydrogen) atoms. The summed E-state index contributed by atoms with van der Waals surface area (Å²) in [6.45, 7) is 7.43. The fourth-order valence-electron chi connectivity index (χ4n) is 0.988. The second-order valence-corrected chi connectivity index (χ2v) is 2.63. The van der Waals surface area contributed by atoms with Gasteiger partial charge in [-0.2, -0.15) is 0 Å². The van der Waals surface area contributed by atoms with Crippen LogP contribution in [0, 0.1) is 0 Å². The van der Waals surface area contributed by atoms with Crippen molar-refractivity contribution < 1.29 is 14.7 Å². The average molecular weight is 160 g/mol. The molecule has 3 nitrogen and oxygen atoms in total. The molecule has 1 N–H and O–H groups in total. The van der Waals surface area contributed by atoms with Gasteiger partial charge in [0.05, 0.1) is 4.79 Å². The summed E-state index contributed by atoms with van der Waals surface area (Å²) in [5, 5.41) is 0.933. The fourth-order valence-corrected chi connectivity index (χ4v) is 0.988. The van der Waals surface area contributed by atoms with Crippen LogP contribution in [0.25, 0.3) is 0 Å². The van der Waals surface area contributed by atoms with Gasteiger partial charge in [0.25, 0.3) is 0 Å². The largest absolute Gasteiger partial charge is 0.635 e. The molecule has 0 amide bonds. The Morgan fingerprint density at radius 1 is 1.27 bits per heavy atom. The minimum atomic E-state index is -0.193. The summed E-state index contributed by atoms with van der Waals surface area (Å²) in [4.78, 5) is 15.6. The molecule has 0 aliphatic rings. The normalized spacial score (nSPS) is 10.2. The summed E-state index contributed by atoms with van der Waals surface area (Å²) >= 11 is 0. The van der Waals surface area contributed by atoms with E-state index >= 15 is 0 Å². The van der Waals surface area contributed by atoms with Crippen LogP contribution in [0.5, 0.6) is 0 Å². The predicted molar refractivity (Wildman–Crippen MR) is 43.0 cm³/mol. The molecule has 0 rings (SSSR count). The molecule has 0 spiro atoms. The second-order valence-electron chi connectivity index (χ2n) is 2.63. The van der Waals surface area contributed by atoms with E-state index in [1.807, 2.05) is 0 Å². The van der Waals surface area contributed by atoms with Crippen LogP contribution in [0.3, 0.4) is 0 Å². The molecule has 0 bridgehead atoms. The lowest BCUT2D eigenvalue weighted by atomic mass is 10.4. The second kappa shape index (κ2) is 6.16. The van der Waals surface area contributed by atoms with E-state index in [0.29, 0.717) is 0 Å². The third-order valence-corrected chi connectivity index (χ3v) is 1.35. The first kappa shape index (κ1) is 10.4. The first-order chi connectivity index (χ1) is 5.20. The van der Waals surface area contributed by atoms with Crippen LogP contribution in [0.4, 0.5) is 0 Å². The van der Waals surface area contributed by atoms with Crippen LogP contribution in [-0.2, 0) is 9.63 Å². The van der Waals surface area contributed by atoms with Gasteiger partial charge < -0.3 is 0 Å². The zero-order chi connectivity index (χ0) is 8.69. The van der Waals surface area contributed by atoms with Crippen molar-refractivity contribution in [2.45, 2.75) is 33.6 Å². The maximum Gasteiger partial charge on any atom is 0.635 e. The van der Waals surface area contributed by atoms with Crippen LogP contribution < -0.4 is 5.06 Å². The van der Waals surface area contributed by atoms with Gasteiger partial charge in [-0.05, 0) is 12.8 Å². The number of rotatable bonds is 5. The monoisotopic (exact) mass is 160 g/mol. The standard InChI is InChI=1S/C8H17NO2/c1-4-6-9(7-5-2)11-8(3)10/h4-7H2,1-3H3/q+1/p+1. The van der Waals surface area contributed by atoms with Crippen LogP contribution in [-0.4, -0.2) is 19.1 Å². The van der Waals surface area contributed by atoms with E-state index in [9.17, 15) is 4.79 Å². The van der Waals surface area contributed by atoms with Gasteiger partial charge in [-0.1, -0.05) is 23.7 Å². The van der Waals surface area contributed by atoms with Crippen LogP contribution in [0.1, 0.15) is 33.6 Å². The molecule has 0 saturated heterocycles. The Kier molecular flexibility index (Phi) is 5.84. The molecule has 0 heterocycles.